The molecule has 2 unspecified atom stereocenters. The Labute approximate surface area is 331 Å². The maximum absolute atomic E-state index is 4.93. The SMILES string of the molecule is CCC(C)c1ccc(-c2ccc(C)c3[cH-]c(C)cc23)cc1.CC[Si]CC.CCc1cc2c(-c3ccc(C(C)CC)cc3)ccc(C)c2[cH-]1.[Cl][Zr+2][Cl]. The molecule has 268 valence electrons. The van der Waals surface area contributed by atoms with Crippen LogP contribution in [-0.4, -0.2) is 9.52 Å². The normalized spacial score (nSPS) is 11.8. The number of halogens is 2. The van der Waals surface area contributed by atoms with Crippen LogP contribution in [0.5, 0.6) is 0 Å². The molecule has 6 aromatic rings. The van der Waals surface area contributed by atoms with Crippen molar-refractivity contribution in [1.82, 2.24) is 0 Å². The maximum atomic E-state index is 4.93. The molecule has 0 spiro atoms. The van der Waals surface area contributed by atoms with Crippen LogP contribution >= 0.6 is 17.0 Å². The molecular weight excluding hydrogens is 755 g/mol. The summed E-state index contributed by atoms with van der Waals surface area (Å²) in [6, 6.07) is 39.3. The average molecular weight is 813 g/mol. The molecule has 6 aromatic carbocycles. The van der Waals surface area contributed by atoms with Crippen LogP contribution in [0, 0.1) is 20.8 Å². The average Bonchev–Trinajstić information content (AvgIpc) is 3.78. The van der Waals surface area contributed by atoms with Gasteiger partial charge in [0.2, 0.25) is 0 Å². The van der Waals surface area contributed by atoms with Crippen molar-refractivity contribution in [2.45, 2.75) is 112 Å². The number of rotatable bonds is 9. The van der Waals surface area contributed by atoms with Gasteiger partial charge in [-0.25, -0.2) is 0 Å². The number of hydrogen-bond donors (Lipinski definition) is 0. The van der Waals surface area contributed by atoms with E-state index in [9.17, 15) is 0 Å². The van der Waals surface area contributed by atoms with Crippen LogP contribution in [0.4, 0.5) is 0 Å². The molecule has 0 heterocycles. The monoisotopic (exact) mass is 810 g/mol. The fourth-order valence-electron chi connectivity index (χ4n) is 6.51. The van der Waals surface area contributed by atoms with E-state index in [1.54, 1.807) is 0 Å². The van der Waals surface area contributed by atoms with Gasteiger partial charge in [-0.2, -0.15) is 12.1 Å². The fourth-order valence-corrected chi connectivity index (χ4v) is 7.01. The Bertz CT molecular complexity index is 1890. The van der Waals surface area contributed by atoms with Crippen molar-refractivity contribution >= 4 is 48.1 Å². The van der Waals surface area contributed by atoms with Crippen LogP contribution in [0.2, 0.25) is 12.1 Å². The van der Waals surface area contributed by atoms with Gasteiger partial charge < -0.3 is 0 Å². The zero-order valence-electron chi connectivity index (χ0n) is 32.7. The molecule has 0 aliphatic rings. The molecule has 51 heavy (non-hydrogen) atoms. The van der Waals surface area contributed by atoms with Gasteiger partial charge in [-0.05, 0) is 53.4 Å². The molecule has 6 rings (SSSR count). The number of hydrogen-bond acceptors (Lipinski definition) is 0. The third-order valence-corrected chi connectivity index (χ3v) is 11.1. The minimum atomic E-state index is -0.826. The van der Waals surface area contributed by atoms with Gasteiger partial charge in [0.1, 0.15) is 0 Å². The van der Waals surface area contributed by atoms with Crippen molar-refractivity contribution in [3.63, 3.8) is 0 Å². The zero-order chi connectivity index (χ0) is 37.5. The fraction of sp³-hybridized carbons (Fsp3) is 0.362. The predicted octanol–water partition coefficient (Wildman–Crippen LogP) is 15.9. The van der Waals surface area contributed by atoms with E-state index < -0.39 is 20.8 Å². The van der Waals surface area contributed by atoms with E-state index in [4.69, 9.17) is 17.0 Å². The standard InChI is InChI=1S/C22H25.C21H23.C4H10Si.2ClH.Zr/c1-5-15(3)18-8-10-19(11-9-18)20-12-7-16(4)21-13-17(6-2)14-22(20)21;1-5-15(3)17-7-9-18(10-8-17)19-11-6-16(4)20-12-14(2)13-21(19)20;1-3-5-4-2;;;/h7-15H,5-6H2,1-4H3;6-13,15H,5H2,1-4H3;3-4H2,1-2H3;2*1H;/q2*-1;;;;+4/p-2. The summed E-state index contributed by atoms with van der Waals surface area (Å²) in [5, 5.41) is 5.56. The van der Waals surface area contributed by atoms with Crippen molar-refractivity contribution in [3.8, 4) is 22.3 Å². The van der Waals surface area contributed by atoms with Crippen LogP contribution < -0.4 is 0 Å². The van der Waals surface area contributed by atoms with Gasteiger partial charge in [0.25, 0.3) is 0 Å². The predicted molar refractivity (Wildman–Crippen MR) is 229 cm³/mol. The van der Waals surface area contributed by atoms with Gasteiger partial charge in [0.15, 0.2) is 0 Å². The molecular formula is C47H58Cl2SiZr. The Morgan fingerprint density at radius 1 is 0.588 bits per heavy atom. The molecule has 0 fully saturated rings. The van der Waals surface area contributed by atoms with Crippen molar-refractivity contribution in [3.05, 3.63) is 130 Å². The molecule has 0 N–H and O–H groups in total. The Hall–Kier alpha value is -2.22. The van der Waals surface area contributed by atoms with E-state index in [1.807, 2.05) is 0 Å². The summed E-state index contributed by atoms with van der Waals surface area (Å²) in [5.74, 6) is 1.27. The Balaban J connectivity index is 0.000000228. The van der Waals surface area contributed by atoms with Crippen LogP contribution in [0.1, 0.15) is 107 Å². The van der Waals surface area contributed by atoms with Gasteiger partial charge >= 0.3 is 37.9 Å². The Kier molecular flexibility index (Phi) is 18.7. The van der Waals surface area contributed by atoms with Gasteiger partial charge in [0.05, 0.1) is 0 Å². The van der Waals surface area contributed by atoms with Crippen LogP contribution in [0.25, 0.3) is 43.8 Å². The van der Waals surface area contributed by atoms with E-state index in [1.165, 1.54) is 112 Å². The minimum absolute atomic E-state index is 0.637. The summed E-state index contributed by atoms with van der Waals surface area (Å²) in [6.45, 7) is 22.3. The summed E-state index contributed by atoms with van der Waals surface area (Å²) in [5.41, 5.74) is 13.7. The first-order valence-electron chi connectivity index (χ1n) is 18.8. The van der Waals surface area contributed by atoms with Crippen molar-refractivity contribution in [2.75, 3.05) is 0 Å². The Morgan fingerprint density at radius 2 is 1.00 bits per heavy atom. The van der Waals surface area contributed by atoms with Crippen LogP contribution in [0.15, 0.2) is 97.1 Å². The molecule has 0 aliphatic heterocycles. The quantitative estimate of drug-likeness (QED) is 0.101. The first kappa shape index (κ1) is 43.2. The number of benzene rings is 4. The zero-order valence-corrected chi connectivity index (χ0v) is 37.7. The van der Waals surface area contributed by atoms with E-state index >= 15 is 0 Å². The van der Waals surface area contributed by atoms with Gasteiger partial charge in [-0.3, -0.25) is 0 Å². The van der Waals surface area contributed by atoms with Crippen LogP contribution in [-0.2, 0) is 27.3 Å². The summed E-state index contributed by atoms with van der Waals surface area (Å²) in [4.78, 5) is 0. The molecule has 0 bridgehead atoms. The number of fused-ring (bicyclic) bond motifs is 2. The molecule has 0 amide bonds. The van der Waals surface area contributed by atoms with E-state index in [0.717, 1.165) is 6.42 Å². The summed E-state index contributed by atoms with van der Waals surface area (Å²) >= 11 is -0.826. The molecule has 0 aliphatic carbocycles. The summed E-state index contributed by atoms with van der Waals surface area (Å²) in [7, 11) is 11.1. The molecule has 0 aromatic heterocycles. The van der Waals surface area contributed by atoms with Crippen molar-refractivity contribution in [1.29, 1.82) is 0 Å². The third-order valence-electron chi connectivity index (χ3n) is 10.1. The molecule has 0 saturated heterocycles. The van der Waals surface area contributed by atoms with E-state index in [2.05, 4.69) is 166 Å². The van der Waals surface area contributed by atoms with Gasteiger partial charge in [-0.15, -0.1) is 68.1 Å². The third kappa shape index (κ3) is 11.9. The van der Waals surface area contributed by atoms with Crippen molar-refractivity contribution in [2.24, 2.45) is 0 Å². The first-order chi connectivity index (χ1) is 24.6. The molecule has 0 nitrogen and oxygen atoms in total. The second-order valence-corrected chi connectivity index (χ2v) is 19.3. The summed E-state index contributed by atoms with van der Waals surface area (Å²) in [6.07, 6.45) is 3.48. The molecule has 0 saturated carbocycles. The van der Waals surface area contributed by atoms with Crippen molar-refractivity contribution < 1.29 is 20.8 Å². The second-order valence-electron chi connectivity index (χ2n) is 13.7. The van der Waals surface area contributed by atoms with Crippen LogP contribution in [0.3, 0.4) is 0 Å². The van der Waals surface area contributed by atoms with E-state index in [0.29, 0.717) is 11.8 Å². The topological polar surface area (TPSA) is 0 Å². The summed E-state index contributed by atoms with van der Waals surface area (Å²) < 4.78 is 0. The van der Waals surface area contributed by atoms with Gasteiger partial charge in [-0.1, -0.05) is 153 Å². The Morgan fingerprint density at radius 3 is 1.37 bits per heavy atom. The molecule has 2 atom stereocenters. The number of aryl methyl sites for hydroxylation is 4. The molecule has 4 heteroatoms. The first-order valence-corrected chi connectivity index (χ1v) is 26.5. The van der Waals surface area contributed by atoms with Gasteiger partial charge in [0, 0.05) is 9.52 Å². The van der Waals surface area contributed by atoms with E-state index in [-0.39, 0.29) is 0 Å². The second kappa shape index (κ2) is 22.1. The molecule has 2 radical (unpaired) electrons.